The van der Waals surface area contributed by atoms with Crippen LogP contribution in [0.15, 0.2) is 40.8 Å². The van der Waals surface area contributed by atoms with E-state index in [0.717, 1.165) is 16.8 Å². The lowest BCUT2D eigenvalue weighted by Crippen LogP contribution is -1.95. The lowest BCUT2D eigenvalue weighted by Gasteiger charge is -2.09. The summed E-state index contributed by atoms with van der Waals surface area (Å²) < 4.78 is 10.5. The number of hydrogen-bond donors (Lipinski definition) is 1. The van der Waals surface area contributed by atoms with Gasteiger partial charge in [-0.15, -0.1) is 11.3 Å². The number of aryl methyl sites for hydroxylation is 2. The zero-order chi connectivity index (χ0) is 19.4. The molecule has 0 bridgehead atoms. The van der Waals surface area contributed by atoms with Crippen LogP contribution in [0.3, 0.4) is 0 Å². The molecule has 0 spiro atoms. The van der Waals surface area contributed by atoms with Gasteiger partial charge in [-0.2, -0.15) is 5.10 Å². The smallest absolute Gasteiger partial charge is 0.203 e. The summed E-state index contributed by atoms with van der Waals surface area (Å²) in [4.78, 5) is 4.60. The summed E-state index contributed by atoms with van der Waals surface area (Å²) in [5, 5.41) is 7.44. The molecule has 0 aliphatic carbocycles. The summed E-state index contributed by atoms with van der Waals surface area (Å²) in [6, 6.07) is 9.91. The number of hydrogen-bond acceptors (Lipinski definition) is 6. The van der Waals surface area contributed by atoms with Crippen molar-refractivity contribution in [1.29, 1.82) is 0 Å². The number of nitrogens with zero attached hydrogens (tertiary/aromatic N) is 2. The second-order valence-electron chi connectivity index (χ2n) is 5.96. The van der Waals surface area contributed by atoms with Crippen molar-refractivity contribution in [2.24, 2.45) is 5.10 Å². The Kier molecular flexibility index (Phi) is 5.98. The second-order valence-corrected chi connectivity index (χ2v) is 7.23. The summed E-state index contributed by atoms with van der Waals surface area (Å²) in [5.41, 5.74) is 8.25. The van der Waals surface area contributed by atoms with Crippen LogP contribution in [-0.2, 0) is 0 Å². The van der Waals surface area contributed by atoms with Gasteiger partial charge in [0, 0.05) is 10.9 Å². The van der Waals surface area contributed by atoms with Crippen LogP contribution in [0.2, 0.25) is 5.02 Å². The highest BCUT2D eigenvalue weighted by Crippen LogP contribution is 2.35. The Bertz CT molecular complexity index is 985. The molecule has 140 valence electrons. The molecular formula is C20H20ClN3O2S. The van der Waals surface area contributed by atoms with Crippen LogP contribution in [0.25, 0.3) is 11.3 Å². The molecule has 1 N–H and O–H groups in total. The Balaban J connectivity index is 1.74. The van der Waals surface area contributed by atoms with Gasteiger partial charge in [-0.1, -0.05) is 35.4 Å². The maximum absolute atomic E-state index is 6.21. The molecule has 0 aliphatic heterocycles. The minimum absolute atomic E-state index is 0.463. The first-order chi connectivity index (χ1) is 13.0. The highest BCUT2D eigenvalue weighted by atomic mass is 35.5. The predicted octanol–water partition coefficient (Wildman–Crippen LogP) is 5.54. The van der Waals surface area contributed by atoms with Gasteiger partial charge in [0.25, 0.3) is 0 Å². The minimum Gasteiger partial charge on any atom is -0.493 e. The molecule has 0 aliphatic rings. The van der Waals surface area contributed by atoms with E-state index in [1.54, 1.807) is 32.6 Å². The third-order valence-corrected chi connectivity index (χ3v) is 5.02. The molecule has 2 aromatic carbocycles. The molecule has 0 saturated carbocycles. The molecule has 0 radical (unpaired) electrons. The quantitative estimate of drug-likeness (QED) is 0.435. The summed E-state index contributed by atoms with van der Waals surface area (Å²) in [7, 11) is 3.12. The summed E-state index contributed by atoms with van der Waals surface area (Å²) >= 11 is 7.71. The molecule has 1 heterocycles. The molecule has 3 rings (SSSR count). The van der Waals surface area contributed by atoms with Crippen LogP contribution in [0.1, 0.15) is 16.7 Å². The summed E-state index contributed by atoms with van der Waals surface area (Å²) in [5.74, 6) is 1.06. The number of hydrazone groups is 1. The molecule has 1 aromatic heterocycles. The van der Waals surface area contributed by atoms with E-state index in [-0.39, 0.29) is 0 Å². The Hall–Kier alpha value is -2.57. The number of aromatic nitrogens is 1. The van der Waals surface area contributed by atoms with Crippen molar-refractivity contribution in [3.8, 4) is 22.8 Å². The van der Waals surface area contributed by atoms with Crippen LogP contribution in [0.4, 0.5) is 5.13 Å². The lowest BCUT2D eigenvalue weighted by molar-refractivity contribution is 0.355. The molecule has 0 unspecified atom stereocenters. The maximum atomic E-state index is 6.21. The fourth-order valence-electron chi connectivity index (χ4n) is 2.72. The van der Waals surface area contributed by atoms with Gasteiger partial charge in [-0.05, 0) is 37.1 Å². The minimum atomic E-state index is 0.463. The van der Waals surface area contributed by atoms with Crippen molar-refractivity contribution in [1.82, 2.24) is 4.98 Å². The van der Waals surface area contributed by atoms with Crippen molar-refractivity contribution in [2.45, 2.75) is 13.8 Å². The summed E-state index contributed by atoms with van der Waals surface area (Å²) in [6.07, 6.45) is 1.66. The zero-order valence-electron chi connectivity index (χ0n) is 15.5. The van der Waals surface area contributed by atoms with Crippen LogP contribution < -0.4 is 14.9 Å². The van der Waals surface area contributed by atoms with Gasteiger partial charge in [0.15, 0.2) is 11.5 Å². The van der Waals surface area contributed by atoms with Crippen molar-refractivity contribution in [3.63, 3.8) is 0 Å². The first kappa shape index (κ1) is 19.2. The van der Waals surface area contributed by atoms with Crippen LogP contribution in [0, 0.1) is 13.8 Å². The van der Waals surface area contributed by atoms with E-state index >= 15 is 0 Å². The number of rotatable bonds is 6. The van der Waals surface area contributed by atoms with Gasteiger partial charge >= 0.3 is 0 Å². The topological polar surface area (TPSA) is 55.7 Å². The third-order valence-electron chi connectivity index (χ3n) is 3.99. The molecule has 3 aromatic rings. The molecule has 7 heteroatoms. The molecule has 0 saturated heterocycles. The molecule has 0 fully saturated rings. The van der Waals surface area contributed by atoms with E-state index in [1.165, 1.54) is 22.5 Å². The fraction of sp³-hybridized carbons (Fsp3) is 0.200. The van der Waals surface area contributed by atoms with Gasteiger partial charge < -0.3 is 9.47 Å². The highest BCUT2D eigenvalue weighted by molar-refractivity contribution is 7.14. The summed E-state index contributed by atoms with van der Waals surface area (Å²) in [6.45, 7) is 4.17. The Morgan fingerprint density at radius 2 is 1.96 bits per heavy atom. The van der Waals surface area contributed by atoms with Gasteiger partial charge in [-0.25, -0.2) is 4.98 Å². The van der Waals surface area contributed by atoms with E-state index in [4.69, 9.17) is 21.1 Å². The number of thiazole rings is 1. The van der Waals surface area contributed by atoms with Crippen molar-refractivity contribution >= 4 is 34.3 Å². The number of ether oxygens (including phenoxy) is 2. The monoisotopic (exact) mass is 401 g/mol. The van der Waals surface area contributed by atoms with E-state index in [1.807, 2.05) is 5.38 Å². The average molecular weight is 402 g/mol. The van der Waals surface area contributed by atoms with Gasteiger partial charge in [0.05, 0.1) is 31.2 Å². The molecule has 0 amide bonds. The average Bonchev–Trinajstić information content (AvgIpc) is 3.09. The fourth-order valence-corrected chi connectivity index (χ4v) is 3.68. The van der Waals surface area contributed by atoms with E-state index in [0.29, 0.717) is 21.7 Å². The number of benzene rings is 2. The zero-order valence-corrected chi connectivity index (χ0v) is 17.1. The SMILES string of the molecule is COc1cc(/C=N\Nc2nc(-c3ccc(C)cc3C)cs2)cc(Cl)c1OC. The van der Waals surface area contributed by atoms with Crippen LogP contribution in [0.5, 0.6) is 11.5 Å². The predicted molar refractivity (Wildman–Crippen MR) is 113 cm³/mol. The van der Waals surface area contributed by atoms with E-state index in [9.17, 15) is 0 Å². The highest BCUT2D eigenvalue weighted by Gasteiger charge is 2.10. The number of anilines is 1. The van der Waals surface area contributed by atoms with Gasteiger partial charge in [0.2, 0.25) is 5.13 Å². The number of nitrogens with one attached hydrogen (secondary N) is 1. The van der Waals surface area contributed by atoms with Crippen LogP contribution >= 0.6 is 22.9 Å². The number of methoxy groups -OCH3 is 2. The lowest BCUT2D eigenvalue weighted by atomic mass is 10.0. The van der Waals surface area contributed by atoms with Crippen molar-refractivity contribution in [3.05, 3.63) is 57.4 Å². The van der Waals surface area contributed by atoms with Gasteiger partial charge in [-0.3, -0.25) is 5.43 Å². The van der Waals surface area contributed by atoms with E-state index in [2.05, 4.69) is 47.6 Å². The molecule has 5 nitrogen and oxygen atoms in total. The Morgan fingerprint density at radius 3 is 2.67 bits per heavy atom. The Labute approximate surface area is 167 Å². The molecule has 27 heavy (non-hydrogen) atoms. The number of halogens is 1. The standard InChI is InChI=1S/C20H20ClN3O2S/c1-12-5-6-15(13(2)7-12)17-11-27-20(23-17)24-22-10-14-8-16(21)19(26-4)18(9-14)25-3/h5-11H,1-4H3,(H,23,24)/b22-10-. The third kappa shape index (κ3) is 4.40. The molecule has 0 atom stereocenters. The normalized spacial score (nSPS) is 11.0. The molecular weight excluding hydrogens is 382 g/mol. The van der Waals surface area contributed by atoms with Gasteiger partial charge in [0.1, 0.15) is 0 Å². The second kappa shape index (κ2) is 8.41. The Morgan fingerprint density at radius 1 is 1.15 bits per heavy atom. The maximum Gasteiger partial charge on any atom is 0.203 e. The van der Waals surface area contributed by atoms with Crippen LogP contribution in [-0.4, -0.2) is 25.4 Å². The van der Waals surface area contributed by atoms with Crippen molar-refractivity contribution < 1.29 is 9.47 Å². The van der Waals surface area contributed by atoms with E-state index < -0.39 is 0 Å². The first-order valence-corrected chi connectivity index (χ1v) is 9.51. The van der Waals surface area contributed by atoms with Crippen molar-refractivity contribution in [2.75, 3.05) is 19.6 Å². The largest absolute Gasteiger partial charge is 0.493 e. The first-order valence-electron chi connectivity index (χ1n) is 8.25.